The molecule has 5 nitrogen and oxygen atoms in total. The molecule has 0 spiro atoms. The van der Waals surface area contributed by atoms with Crippen molar-refractivity contribution < 1.29 is 4.79 Å². The van der Waals surface area contributed by atoms with Crippen LogP contribution in [0.3, 0.4) is 0 Å². The van der Waals surface area contributed by atoms with E-state index in [1.54, 1.807) is 0 Å². The van der Waals surface area contributed by atoms with E-state index in [1.807, 2.05) is 6.07 Å². The van der Waals surface area contributed by atoms with E-state index >= 15 is 0 Å². The van der Waals surface area contributed by atoms with Gasteiger partial charge in [0, 0.05) is 22.6 Å². The SMILES string of the molecule is Cc1ccc(CNC(=O)C2CCN(Cc3nc4ccccc4n3-c3ccc(Br)cc3)CC2)cc1. The first kappa shape index (κ1) is 22.8. The van der Waals surface area contributed by atoms with Crippen molar-refractivity contribution >= 4 is 32.9 Å². The van der Waals surface area contributed by atoms with Crippen LogP contribution in [0.15, 0.2) is 77.3 Å². The fraction of sp³-hybridized carbons (Fsp3) is 0.286. The van der Waals surface area contributed by atoms with Crippen LogP contribution in [0.4, 0.5) is 0 Å². The predicted octanol–water partition coefficient (Wildman–Crippen LogP) is 5.62. The molecule has 34 heavy (non-hydrogen) atoms. The number of hydrogen-bond donors (Lipinski definition) is 1. The van der Waals surface area contributed by atoms with Gasteiger partial charge in [0.1, 0.15) is 5.82 Å². The minimum absolute atomic E-state index is 0.0759. The number of nitrogens with one attached hydrogen (secondary N) is 1. The average molecular weight is 517 g/mol. The van der Waals surface area contributed by atoms with Crippen molar-refractivity contribution in [2.45, 2.75) is 32.9 Å². The second-order valence-electron chi connectivity index (χ2n) is 9.08. The van der Waals surface area contributed by atoms with Crippen molar-refractivity contribution in [2.24, 2.45) is 5.92 Å². The molecule has 4 aromatic rings. The standard InChI is InChI=1S/C28H29BrN4O/c1-20-6-8-21(9-7-20)18-30-28(34)22-14-16-32(17-15-22)19-27-31-25-4-2-3-5-26(25)33(27)24-12-10-23(29)11-13-24/h2-13,22H,14-19H2,1H3,(H,30,34). The number of carbonyl (C=O) groups is 1. The van der Waals surface area contributed by atoms with Gasteiger partial charge >= 0.3 is 0 Å². The van der Waals surface area contributed by atoms with Crippen LogP contribution in [0.5, 0.6) is 0 Å². The lowest BCUT2D eigenvalue weighted by molar-refractivity contribution is -0.126. The van der Waals surface area contributed by atoms with Crippen molar-refractivity contribution in [3.63, 3.8) is 0 Å². The first-order valence-electron chi connectivity index (χ1n) is 11.8. The van der Waals surface area contributed by atoms with Crippen molar-refractivity contribution in [1.82, 2.24) is 19.8 Å². The normalized spacial score (nSPS) is 15.0. The Hall–Kier alpha value is -2.96. The van der Waals surface area contributed by atoms with Crippen LogP contribution in [0.2, 0.25) is 0 Å². The summed E-state index contributed by atoms with van der Waals surface area (Å²) >= 11 is 3.54. The third-order valence-corrected chi connectivity index (χ3v) is 7.15. The number of halogens is 1. The zero-order valence-electron chi connectivity index (χ0n) is 19.4. The highest BCUT2D eigenvalue weighted by Crippen LogP contribution is 2.25. The van der Waals surface area contributed by atoms with Gasteiger partial charge < -0.3 is 5.32 Å². The van der Waals surface area contributed by atoms with Gasteiger partial charge in [-0.2, -0.15) is 0 Å². The number of likely N-dealkylation sites (tertiary alicyclic amines) is 1. The van der Waals surface area contributed by atoms with Crippen molar-refractivity contribution in [3.05, 3.63) is 94.2 Å². The van der Waals surface area contributed by atoms with Crippen LogP contribution in [-0.2, 0) is 17.9 Å². The molecular weight excluding hydrogens is 488 g/mol. The van der Waals surface area contributed by atoms with Crippen LogP contribution in [0.25, 0.3) is 16.7 Å². The highest BCUT2D eigenvalue weighted by molar-refractivity contribution is 9.10. The highest BCUT2D eigenvalue weighted by atomic mass is 79.9. The number of para-hydroxylation sites is 2. The summed E-state index contributed by atoms with van der Waals surface area (Å²) in [6.07, 6.45) is 1.75. The summed E-state index contributed by atoms with van der Waals surface area (Å²) in [4.78, 5) is 20.1. The van der Waals surface area contributed by atoms with Gasteiger partial charge in [0.25, 0.3) is 0 Å². The topological polar surface area (TPSA) is 50.2 Å². The molecule has 1 N–H and O–H groups in total. The van der Waals surface area contributed by atoms with E-state index in [1.165, 1.54) is 5.56 Å². The molecule has 1 aliphatic rings. The predicted molar refractivity (Wildman–Crippen MR) is 140 cm³/mol. The van der Waals surface area contributed by atoms with Gasteiger partial charge in [0.2, 0.25) is 5.91 Å². The minimum atomic E-state index is 0.0759. The van der Waals surface area contributed by atoms with Gasteiger partial charge in [-0.25, -0.2) is 4.98 Å². The Morgan fingerprint density at radius 3 is 2.44 bits per heavy atom. The monoisotopic (exact) mass is 516 g/mol. The second-order valence-corrected chi connectivity index (χ2v) is 10.00. The van der Waals surface area contributed by atoms with Gasteiger partial charge in [-0.15, -0.1) is 0 Å². The Kier molecular flexibility index (Phi) is 6.79. The molecule has 0 saturated carbocycles. The summed E-state index contributed by atoms with van der Waals surface area (Å²) in [5.41, 5.74) is 5.60. The molecule has 0 aliphatic carbocycles. The summed E-state index contributed by atoms with van der Waals surface area (Å²) in [6, 6.07) is 25.0. The van der Waals surface area contributed by atoms with E-state index in [0.717, 1.165) is 65.1 Å². The molecule has 0 radical (unpaired) electrons. The Morgan fingerprint density at radius 2 is 1.71 bits per heavy atom. The molecule has 0 bridgehead atoms. The minimum Gasteiger partial charge on any atom is -0.352 e. The van der Waals surface area contributed by atoms with Crippen molar-refractivity contribution in [2.75, 3.05) is 13.1 Å². The number of benzene rings is 3. The lowest BCUT2D eigenvalue weighted by atomic mass is 9.96. The number of rotatable bonds is 6. The molecule has 3 aromatic carbocycles. The van der Waals surface area contributed by atoms with E-state index < -0.39 is 0 Å². The number of imidazole rings is 1. The van der Waals surface area contributed by atoms with Crippen LogP contribution >= 0.6 is 15.9 Å². The first-order valence-corrected chi connectivity index (χ1v) is 12.6. The molecule has 174 valence electrons. The number of piperidine rings is 1. The molecule has 1 aromatic heterocycles. The number of hydrogen-bond acceptors (Lipinski definition) is 3. The molecule has 1 saturated heterocycles. The van der Waals surface area contributed by atoms with Gasteiger partial charge in [-0.1, -0.05) is 57.9 Å². The number of amides is 1. The first-order chi connectivity index (χ1) is 16.6. The second kappa shape index (κ2) is 10.1. The molecule has 0 atom stereocenters. The lowest BCUT2D eigenvalue weighted by Crippen LogP contribution is -2.40. The van der Waals surface area contributed by atoms with Gasteiger partial charge in [-0.05, 0) is 74.8 Å². The molecule has 2 heterocycles. The van der Waals surface area contributed by atoms with Crippen LogP contribution in [0.1, 0.15) is 29.8 Å². The number of carbonyl (C=O) groups excluding carboxylic acids is 1. The number of nitrogens with zero attached hydrogens (tertiary/aromatic N) is 3. The van der Waals surface area contributed by atoms with E-state index in [9.17, 15) is 4.79 Å². The van der Waals surface area contributed by atoms with Crippen LogP contribution in [0, 0.1) is 12.8 Å². The van der Waals surface area contributed by atoms with Gasteiger partial charge in [-0.3, -0.25) is 14.3 Å². The van der Waals surface area contributed by atoms with Crippen LogP contribution in [-0.4, -0.2) is 33.4 Å². The Morgan fingerprint density at radius 1 is 1.00 bits per heavy atom. The quantitative estimate of drug-likeness (QED) is 0.361. The molecule has 6 heteroatoms. The fourth-order valence-corrected chi connectivity index (χ4v) is 4.92. The van der Waals surface area contributed by atoms with Crippen molar-refractivity contribution in [3.8, 4) is 5.69 Å². The van der Waals surface area contributed by atoms with Crippen molar-refractivity contribution in [1.29, 1.82) is 0 Å². The Bertz CT molecular complexity index is 1270. The zero-order chi connectivity index (χ0) is 23.5. The largest absolute Gasteiger partial charge is 0.352 e. The maximum absolute atomic E-state index is 12.7. The molecule has 5 rings (SSSR count). The number of fused-ring (bicyclic) bond motifs is 1. The molecule has 0 unspecified atom stereocenters. The van der Waals surface area contributed by atoms with E-state index in [4.69, 9.17) is 4.98 Å². The molecule has 1 fully saturated rings. The molecular formula is C28H29BrN4O. The summed E-state index contributed by atoms with van der Waals surface area (Å²) < 4.78 is 3.31. The van der Waals surface area contributed by atoms with Gasteiger partial charge in [0.05, 0.1) is 17.6 Å². The highest BCUT2D eigenvalue weighted by Gasteiger charge is 2.26. The smallest absolute Gasteiger partial charge is 0.223 e. The Labute approximate surface area is 208 Å². The van der Waals surface area contributed by atoms with E-state index in [2.05, 4.69) is 104 Å². The average Bonchev–Trinajstić information content (AvgIpc) is 3.22. The Balaban J connectivity index is 1.24. The van der Waals surface area contributed by atoms with Crippen LogP contribution < -0.4 is 5.32 Å². The summed E-state index contributed by atoms with van der Waals surface area (Å²) in [5, 5.41) is 3.13. The molecule has 1 amide bonds. The number of aromatic nitrogens is 2. The lowest BCUT2D eigenvalue weighted by Gasteiger charge is -2.31. The maximum Gasteiger partial charge on any atom is 0.223 e. The van der Waals surface area contributed by atoms with E-state index in [0.29, 0.717) is 6.54 Å². The fourth-order valence-electron chi connectivity index (χ4n) is 4.65. The summed E-state index contributed by atoms with van der Waals surface area (Å²) in [6.45, 7) is 5.22. The zero-order valence-corrected chi connectivity index (χ0v) is 21.0. The maximum atomic E-state index is 12.7. The summed E-state index contributed by atoms with van der Waals surface area (Å²) in [5.74, 6) is 1.28. The van der Waals surface area contributed by atoms with Gasteiger partial charge in [0.15, 0.2) is 0 Å². The molecule has 1 aliphatic heterocycles. The number of aryl methyl sites for hydroxylation is 1. The summed E-state index contributed by atoms with van der Waals surface area (Å²) in [7, 11) is 0. The third kappa shape index (κ3) is 5.08. The van der Waals surface area contributed by atoms with E-state index in [-0.39, 0.29) is 11.8 Å². The third-order valence-electron chi connectivity index (χ3n) is 6.63.